The van der Waals surface area contributed by atoms with Gasteiger partial charge in [-0.1, -0.05) is 18.2 Å². The van der Waals surface area contributed by atoms with Gasteiger partial charge in [0.1, 0.15) is 11.5 Å². The molecule has 0 radical (unpaired) electrons. The second kappa shape index (κ2) is 11.5. The average molecular weight is 553 g/mol. The van der Waals surface area contributed by atoms with E-state index in [-0.39, 0.29) is 5.91 Å². The number of anilines is 1. The Kier molecular flexibility index (Phi) is 7.51. The molecule has 2 fully saturated rings. The Morgan fingerprint density at radius 2 is 1.80 bits per heavy atom. The van der Waals surface area contributed by atoms with Gasteiger partial charge in [0.2, 0.25) is 0 Å². The molecule has 3 heterocycles. The molecule has 7 nitrogen and oxygen atoms in total. The van der Waals surface area contributed by atoms with Crippen molar-refractivity contribution in [2.75, 3.05) is 38.8 Å². The van der Waals surface area contributed by atoms with Gasteiger partial charge >= 0.3 is 0 Å². The third-order valence-electron chi connectivity index (χ3n) is 7.44. The monoisotopic (exact) mass is 552 g/mol. The van der Waals surface area contributed by atoms with Crippen molar-refractivity contribution in [2.45, 2.75) is 19.3 Å². The number of amidine groups is 1. The molecule has 1 amide bonds. The number of aromatic nitrogens is 1. The molecule has 40 heavy (non-hydrogen) atoms. The molecular weight excluding hydrogens is 520 g/mol. The van der Waals surface area contributed by atoms with Gasteiger partial charge in [-0.05, 0) is 85.1 Å². The van der Waals surface area contributed by atoms with Gasteiger partial charge in [0, 0.05) is 54.1 Å². The first-order valence-corrected chi connectivity index (χ1v) is 14.4. The van der Waals surface area contributed by atoms with Crippen LogP contribution in [0.25, 0.3) is 17.0 Å². The molecule has 3 aromatic carbocycles. The highest BCUT2D eigenvalue weighted by molar-refractivity contribution is 8.18. The summed E-state index contributed by atoms with van der Waals surface area (Å²) in [6, 6.07) is 22.0. The van der Waals surface area contributed by atoms with E-state index < -0.39 is 0 Å². The summed E-state index contributed by atoms with van der Waals surface area (Å²) < 4.78 is 11.0. The topological polar surface area (TPSA) is 70.2 Å². The first kappa shape index (κ1) is 26.1. The number of hydrogen-bond acceptors (Lipinski definition) is 6. The van der Waals surface area contributed by atoms with E-state index in [1.807, 2.05) is 54.7 Å². The van der Waals surface area contributed by atoms with E-state index in [4.69, 9.17) is 14.5 Å². The van der Waals surface area contributed by atoms with E-state index >= 15 is 0 Å². The number of ether oxygens (including phenoxy) is 2. The highest BCUT2D eigenvalue weighted by atomic mass is 32.2. The number of nitrogens with zero attached hydrogens (tertiary/aromatic N) is 3. The van der Waals surface area contributed by atoms with Crippen LogP contribution >= 0.6 is 11.8 Å². The maximum atomic E-state index is 13.8. The van der Waals surface area contributed by atoms with E-state index in [9.17, 15) is 4.79 Å². The maximum Gasteiger partial charge on any atom is 0.266 e. The van der Waals surface area contributed by atoms with Crippen LogP contribution in [0.15, 0.2) is 82.8 Å². The summed E-state index contributed by atoms with van der Waals surface area (Å²) in [4.78, 5) is 26.8. The second-order valence-electron chi connectivity index (χ2n) is 9.89. The van der Waals surface area contributed by atoms with E-state index in [1.165, 1.54) is 35.6 Å². The quantitative estimate of drug-likeness (QED) is 0.249. The molecule has 4 aromatic rings. The normalized spacial score (nSPS) is 17.5. The number of nitrogens with one attached hydrogen (secondary N) is 1. The Hall–Kier alpha value is -4.17. The van der Waals surface area contributed by atoms with E-state index in [0.717, 1.165) is 47.0 Å². The lowest BCUT2D eigenvalue weighted by Crippen LogP contribution is -2.31. The van der Waals surface area contributed by atoms with Crippen LogP contribution in [-0.4, -0.2) is 54.8 Å². The van der Waals surface area contributed by atoms with Crippen LogP contribution in [0.2, 0.25) is 0 Å². The number of methoxy groups -OCH3 is 2. The molecule has 6 rings (SSSR count). The minimum absolute atomic E-state index is 0.0530. The number of carbonyl (C=O) groups is 1. The fourth-order valence-corrected chi connectivity index (χ4v) is 6.27. The Balaban J connectivity index is 1.31. The molecule has 8 heteroatoms. The number of benzene rings is 3. The number of thioether (sulfide) groups is 1. The van der Waals surface area contributed by atoms with Gasteiger partial charge in [-0.2, -0.15) is 0 Å². The molecule has 0 spiro atoms. The summed E-state index contributed by atoms with van der Waals surface area (Å²) in [5, 5.41) is 1.84. The van der Waals surface area contributed by atoms with Crippen molar-refractivity contribution in [1.82, 2.24) is 9.88 Å². The third-order valence-corrected chi connectivity index (χ3v) is 8.45. The fourth-order valence-electron chi connectivity index (χ4n) is 5.26. The SMILES string of the molecule is COc1ccc(N=C2S/C(=C\c3ccc(N4CCCC4)cc3OC)C(=O)N2CCc2c[nH]c3ccccc23)cc1. The molecule has 0 saturated carbocycles. The predicted molar refractivity (Wildman–Crippen MR) is 164 cm³/mol. The van der Waals surface area contributed by atoms with Crippen molar-refractivity contribution in [3.63, 3.8) is 0 Å². The lowest BCUT2D eigenvalue weighted by atomic mass is 10.1. The van der Waals surface area contributed by atoms with E-state index in [0.29, 0.717) is 23.0 Å². The molecule has 2 aliphatic heterocycles. The zero-order chi connectivity index (χ0) is 27.5. The van der Waals surface area contributed by atoms with Crippen LogP contribution in [0, 0.1) is 0 Å². The Bertz CT molecular complexity index is 1590. The number of hydrogen-bond donors (Lipinski definition) is 1. The lowest BCUT2D eigenvalue weighted by Gasteiger charge is -2.19. The van der Waals surface area contributed by atoms with Crippen LogP contribution in [0.1, 0.15) is 24.0 Å². The Labute approximate surface area is 238 Å². The standard InChI is InChI=1S/C32H32N4O3S/c1-38-26-13-10-24(11-14-26)34-32-36(18-15-23-21-33-28-8-4-3-7-27(23)28)31(37)30(40-32)19-22-9-12-25(20-29(22)39-2)35-16-5-6-17-35/h3-4,7-14,19-21,33H,5-6,15-18H2,1-2H3/b30-19-,34-32?. The van der Waals surface area contributed by atoms with Crippen LogP contribution in [-0.2, 0) is 11.2 Å². The smallest absolute Gasteiger partial charge is 0.266 e. The van der Waals surface area contributed by atoms with Crippen LogP contribution in [0.3, 0.4) is 0 Å². The van der Waals surface area contributed by atoms with Gasteiger partial charge in [0.25, 0.3) is 5.91 Å². The van der Waals surface area contributed by atoms with Gasteiger partial charge in [0.15, 0.2) is 5.17 Å². The van der Waals surface area contributed by atoms with Crippen molar-refractivity contribution in [2.24, 2.45) is 4.99 Å². The van der Waals surface area contributed by atoms with E-state index in [2.05, 4.69) is 34.1 Å². The van der Waals surface area contributed by atoms with Gasteiger partial charge in [-0.3, -0.25) is 9.69 Å². The molecule has 2 aliphatic rings. The Morgan fingerprint density at radius 1 is 1.00 bits per heavy atom. The number of amides is 1. The summed E-state index contributed by atoms with van der Waals surface area (Å²) in [5.74, 6) is 1.47. The number of fused-ring (bicyclic) bond motifs is 1. The zero-order valence-corrected chi connectivity index (χ0v) is 23.5. The van der Waals surface area contributed by atoms with E-state index in [1.54, 1.807) is 19.1 Å². The maximum absolute atomic E-state index is 13.8. The molecule has 2 saturated heterocycles. The van der Waals surface area contributed by atoms with Crippen molar-refractivity contribution in [3.8, 4) is 11.5 Å². The second-order valence-corrected chi connectivity index (χ2v) is 10.9. The van der Waals surface area contributed by atoms with Gasteiger partial charge < -0.3 is 19.4 Å². The first-order valence-electron chi connectivity index (χ1n) is 13.5. The Morgan fingerprint density at radius 3 is 2.58 bits per heavy atom. The molecule has 0 atom stereocenters. The fraction of sp³-hybridized carbons (Fsp3) is 0.250. The van der Waals surface area contributed by atoms with Crippen molar-refractivity contribution in [1.29, 1.82) is 0 Å². The summed E-state index contributed by atoms with van der Waals surface area (Å²) in [5.41, 5.74) is 5.07. The summed E-state index contributed by atoms with van der Waals surface area (Å²) in [6.07, 6.45) is 7.09. The molecule has 1 aromatic heterocycles. The number of H-pyrrole nitrogens is 1. The average Bonchev–Trinajstić information content (AvgIpc) is 3.73. The van der Waals surface area contributed by atoms with Gasteiger partial charge in [0.05, 0.1) is 24.8 Å². The number of rotatable bonds is 8. The van der Waals surface area contributed by atoms with Crippen LogP contribution < -0.4 is 14.4 Å². The number of para-hydroxylation sites is 1. The summed E-state index contributed by atoms with van der Waals surface area (Å²) in [6.45, 7) is 2.65. The lowest BCUT2D eigenvalue weighted by molar-refractivity contribution is -0.122. The van der Waals surface area contributed by atoms with Crippen molar-refractivity contribution < 1.29 is 14.3 Å². The number of aromatic amines is 1. The summed E-state index contributed by atoms with van der Waals surface area (Å²) >= 11 is 1.40. The van der Waals surface area contributed by atoms with Crippen molar-refractivity contribution in [3.05, 3.63) is 89.0 Å². The number of carbonyl (C=O) groups excluding carboxylic acids is 1. The van der Waals surface area contributed by atoms with Gasteiger partial charge in [-0.15, -0.1) is 0 Å². The zero-order valence-electron chi connectivity index (χ0n) is 22.7. The molecular formula is C32H32N4O3S. The molecule has 204 valence electrons. The predicted octanol–water partition coefficient (Wildman–Crippen LogP) is 6.63. The molecule has 0 bridgehead atoms. The third kappa shape index (κ3) is 5.31. The highest BCUT2D eigenvalue weighted by Crippen LogP contribution is 2.37. The molecule has 0 unspecified atom stereocenters. The van der Waals surface area contributed by atoms with Gasteiger partial charge in [-0.25, -0.2) is 4.99 Å². The molecule has 0 aliphatic carbocycles. The number of aliphatic imine (C=N–C) groups is 1. The van der Waals surface area contributed by atoms with Crippen molar-refractivity contribution >= 4 is 51.2 Å². The van der Waals surface area contributed by atoms with Crippen LogP contribution in [0.5, 0.6) is 11.5 Å². The highest BCUT2D eigenvalue weighted by Gasteiger charge is 2.33. The van der Waals surface area contributed by atoms with Crippen LogP contribution in [0.4, 0.5) is 11.4 Å². The molecule has 1 N–H and O–H groups in total. The summed E-state index contributed by atoms with van der Waals surface area (Å²) in [7, 11) is 3.32. The largest absolute Gasteiger partial charge is 0.497 e. The minimum atomic E-state index is -0.0530. The first-order chi connectivity index (χ1) is 19.6. The minimum Gasteiger partial charge on any atom is -0.497 e.